The molecule has 4 nitrogen and oxygen atoms in total. The summed E-state index contributed by atoms with van der Waals surface area (Å²) in [5.41, 5.74) is 4.50. The Bertz CT molecular complexity index is 598. The molecule has 0 amide bonds. The monoisotopic (exact) mass is 285 g/mol. The molecule has 0 saturated carbocycles. The normalized spacial score (nSPS) is 16.5. The van der Waals surface area contributed by atoms with E-state index < -0.39 is 0 Å². The number of anilines is 2. The van der Waals surface area contributed by atoms with Crippen LogP contribution in [0, 0.1) is 6.92 Å². The van der Waals surface area contributed by atoms with Crippen molar-refractivity contribution in [3.05, 3.63) is 47.4 Å². The summed E-state index contributed by atoms with van der Waals surface area (Å²) in [5.74, 6) is 0.793. The molecule has 3 rings (SSSR count). The van der Waals surface area contributed by atoms with E-state index in [1.807, 2.05) is 39.0 Å². The summed E-state index contributed by atoms with van der Waals surface area (Å²) < 4.78 is 0. The molecule has 1 heterocycles. The fraction of sp³-hybridized carbons (Fsp3) is 0.412. The summed E-state index contributed by atoms with van der Waals surface area (Å²) in [6.07, 6.45) is 3.82. The number of nitrogens with one attached hydrogen (secondary N) is 1. The first-order chi connectivity index (χ1) is 10.2. The fourth-order valence-electron chi connectivity index (χ4n) is 2.55. The highest BCUT2D eigenvalue weighted by molar-refractivity contribution is 5.63. The van der Waals surface area contributed by atoms with Gasteiger partial charge in [0, 0.05) is 23.9 Å². The van der Waals surface area contributed by atoms with Gasteiger partial charge in [-0.25, -0.2) is 9.97 Å². The van der Waals surface area contributed by atoms with Crippen LogP contribution >= 0.6 is 0 Å². The molecule has 112 valence electrons. The van der Waals surface area contributed by atoms with Gasteiger partial charge in [0.05, 0.1) is 6.10 Å². The predicted octanol–water partition coefficient (Wildman–Crippen LogP) is 3.40. The maximum absolute atomic E-state index is 9.84. The van der Waals surface area contributed by atoms with E-state index in [0.29, 0.717) is 6.42 Å². The van der Waals surface area contributed by atoms with Crippen molar-refractivity contribution < 1.29 is 5.11 Å². The van der Waals surface area contributed by atoms with Gasteiger partial charge in [0.25, 0.3) is 0 Å². The molecule has 0 bridgehead atoms. The Balaban J connectivity index is 0.000000774. The third-order valence-corrected chi connectivity index (χ3v) is 3.53. The molecule has 0 spiro atoms. The molecule has 4 heteroatoms. The minimum Gasteiger partial charge on any atom is -0.393 e. The first-order valence-corrected chi connectivity index (χ1v) is 7.57. The highest BCUT2D eigenvalue weighted by atomic mass is 16.3. The maximum atomic E-state index is 9.84. The second-order valence-electron chi connectivity index (χ2n) is 5.01. The number of benzene rings is 1. The number of aryl methyl sites for hydroxylation is 2. The SMILES string of the molecule is CC.Cc1cc(Nc2cccc3c2CC(O)CC3)ncn1. The van der Waals surface area contributed by atoms with Crippen molar-refractivity contribution in [1.29, 1.82) is 0 Å². The van der Waals surface area contributed by atoms with Crippen LogP contribution in [-0.2, 0) is 12.8 Å². The Morgan fingerprint density at radius 3 is 2.81 bits per heavy atom. The van der Waals surface area contributed by atoms with Gasteiger partial charge in [0.15, 0.2) is 0 Å². The molecule has 1 atom stereocenters. The van der Waals surface area contributed by atoms with Crippen LogP contribution in [0.25, 0.3) is 0 Å². The van der Waals surface area contributed by atoms with Crippen molar-refractivity contribution in [2.24, 2.45) is 0 Å². The molecule has 2 aromatic rings. The molecule has 2 N–H and O–H groups in total. The molecule has 1 aromatic carbocycles. The Morgan fingerprint density at radius 2 is 2.05 bits per heavy atom. The zero-order valence-corrected chi connectivity index (χ0v) is 12.9. The van der Waals surface area contributed by atoms with Gasteiger partial charge < -0.3 is 10.4 Å². The number of nitrogens with zero attached hydrogens (tertiary/aromatic N) is 2. The van der Waals surface area contributed by atoms with Crippen molar-refractivity contribution in [3.8, 4) is 0 Å². The molecule has 0 radical (unpaired) electrons. The van der Waals surface area contributed by atoms with Crippen LogP contribution in [0.4, 0.5) is 11.5 Å². The van der Waals surface area contributed by atoms with Gasteiger partial charge in [0.2, 0.25) is 0 Å². The zero-order valence-electron chi connectivity index (χ0n) is 12.9. The van der Waals surface area contributed by atoms with Crippen molar-refractivity contribution in [2.45, 2.75) is 46.1 Å². The van der Waals surface area contributed by atoms with Gasteiger partial charge in [-0.05, 0) is 37.0 Å². The second-order valence-corrected chi connectivity index (χ2v) is 5.01. The third kappa shape index (κ3) is 3.79. The van der Waals surface area contributed by atoms with Gasteiger partial charge >= 0.3 is 0 Å². The van der Waals surface area contributed by atoms with Crippen LogP contribution in [-0.4, -0.2) is 21.2 Å². The quantitative estimate of drug-likeness (QED) is 0.888. The Labute approximate surface area is 126 Å². The number of hydrogen-bond donors (Lipinski definition) is 2. The topological polar surface area (TPSA) is 58.0 Å². The molecule has 1 aromatic heterocycles. The molecule has 0 aliphatic heterocycles. The van der Waals surface area contributed by atoms with Crippen LogP contribution in [0.5, 0.6) is 0 Å². The summed E-state index contributed by atoms with van der Waals surface area (Å²) in [6.45, 7) is 5.94. The van der Waals surface area contributed by atoms with Crippen LogP contribution in [0.15, 0.2) is 30.6 Å². The summed E-state index contributed by atoms with van der Waals surface area (Å²) in [5, 5.41) is 13.2. The molecular formula is C17H23N3O. The highest BCUT2D eigenvalue weighted by Gasteiger charge is 2.19. The van der Waals surface area contributed by atoms with E-state index in [2.05, 4.69) is 21.4 Å². The van der Waals surface area contributed by atoms with E-state index in [9.17, 15) is 5.11 Å². The molecule has 0 saturated heterocycles. The lowest BCUT2D eigenvalue weighted by atomic mass is 9.88. The lowest BCUT2D eigenvalue weighted by Gasteiger charge is -2.23. The number of hydrogen-bond acceptors (Lipinski definition) is 4. The van der Waals surface area contributed by atoms with Gasteiger partial charge in [0.1, 0.15) is 12.1 Å². The fourth-order valence-corrected chi connectivity index (χ4v) is 2.55. The lowest BCUT2D eigenvalue weighted by molar-refractivity contribution is 0.159. The molecule has 1 unspecified atom stereocenters. The number of rotatable bonds is 2. The van der Waals surface area contributed by atoms with Gasteiger partial charge in [-0.3, -0.25) is 0 Å². The van der Waals surface area contributed by atoms with Crippen molar-refractivity contribution in [1.82, 2.24) is 9.97 Å². The summed E-state index contributed by atoms with van der Waals surface area (Å²) in [7, 11) is 0. The van der Waals surface area contributed by atoms with Gasteiger partial charge in [-0.1, -0.05) is 26.0 Å². The average Bonchev–Trinajstić information content (AvgIpc) is 2.50. The second kappa shape index (κ2) is 7.18. The Hall–Kier alpha value is -1.94. The zero-order chi connectivity index (χ0) is 15.2. The number of fused-ring (bicyclic) bond motifs is 1. The summed E-state index contributed by atoms with van der Waals surface area (Å²) in [6, 6.07) is 8.14. The maximum Gasteiger partial charge on any atom is 0.133 e. The first kappa shape index (κ1) is 15.4. The molecule has 21 heavy (non-hydrogen) atoms. The summed E-state index contributed by atoms with van der Waals surface area (Å²) >= 11 is 0. The van der Waals surface area contributed by atoms with Gasteiger partial charge in [-0.15, -0.1) is 0 Å². The van der Waals surface area contributed by atoms with E-state index >= 15 is 0 Å². The van der Waals surface area contributed by atoms with Crippen molar-refractivity contribution in [3.63, 3.8) is 0 Å². The molecule has 1 aliphatic carbocycles. The van der Waals surface area contributed by atoms with Crippen LogP contribution < -0.4 is 5.32 Å². The number of aliphatic hydroxyl groups is 1. The van der Waals surface area contributed by atoms with Crippen molar-refractivity contribution in [2.75, 3.05) is 5.32 Å². The largest absolute Gasteiger partial charge is 0.393 e. The lowest BCUT2D eigenvalue weighted by Crippen LogP contribution is -2.19. The highest BCUT2D eigenvalue weighted by Crippen LogP contribution is 2.29. The number of aromatic nitrogens is 2. The van der Waals surface area contributed by atoms with E-state index in [1.54, 1.807) is 6.33 Å². The molecule has 0 fully saturated rings. The molecular weight excluding hydrogens is 262 g/mol. The standard InChI is InChI=1S/C15H17N3O.C2H6/c1-10-7-15(17-9-16-10)18-14-4-2-3-11-5-6-12(19)8-13(11)14;1-2/h2-4,7,9,12,19H,5-6,8H2,1H3,(H,16,17,18);1-2H3. The van der Waals surface area contributed by atoms with E-state index in [-0.39, 0.29) is 6.10 Å². The minimum absolute atomic E-state index is 0.234. The van der Waals surface area contributed by atoms with E-state index in [0.717, 1.165) is 30.0 Å². The van der Waals surface area contributed by atoms with E-state index in [4.69, 9.17) is 0 Å². The molecule has 1 aliphatic rings. The Kier molecular flexibility index (Phi) is 5.28. The van der Waals surface area contributed by atoms with Crippen LogP contribution in [0.1, 0.15) is 37.1 Å². The van der Waals surface area contributed by atoms with Crippen molar-refractivity contribution >= 4 is 11.5 Å². The minimum atomic E-state index is -0.234. The third-order valence-electron chi connectivity index (χ3n) is 3.53. The van der Waals surface area contributed by atoms with Crippen LogP contribution in [0.2, 0.25) is 0 Å². The number of aliphatic hydroxyl groups excluding tert-OH is 1. The van der Waals surface area contributed by atoms with E-state index in [1.165, 1.54) is 11.1 Å². The smallest absolute Gasteiger partial charge is 0.133 e. The Morgan fingerprint density at radius 1 is 1.24 bits per heavy atom. The summed E-state index contributed by atoms with van der Waals surface area (Å²) in [4.78, 5) is 8.31. The predicted molar refractivity (Wildman–Crippen MR) is 85.9 cm³/mol. The first-order valence-electron chi connectivity index (χ1n) is 7.57. The average molecular weight is 285 g/mol. The van der Waals surface area contributed by atoms with Gasteiger partial charge in [-0.2, -0.15) is 0 Å². The van der Waals surface area contributed by atoms with Crippen LogP contribution in [0.3, 0.4) is 0 Å².